The zero-order valence-electron chi connectivity index (χ0n) is 7.28. The molecule has 0 fully saturated rings. The predicted molar refractivity (Wildman–Crippen MR) is 46.3 cm³/mol. The summed E-state index contributed by atoms with van der Waals surface area (Å²) in [6.07, 6.45) is 0. The van der Waals surface area contributed by atoms with Crippen LogP contribution in [0.5, 0.6) is 0 Å². The average Bonchev–Trinajstić information content (AvgIpc) is 2.00. The van der Waals surface area contributed by atoms with Gasteiger partial charge in [-0.15, -0.1) is 0 Å². The molecule has 0 bridgehead atoms. The molecule has 0 spiro atoms. The minimum atomic E-state index is -1.17. The van der Waals surface area contributed by atoms with Gasteiger partial charge >= 0.3 is 5.97 Å². The highest BCUT2D eigenvalue weighted by atomic mass is 32.2. The number of carboxylic acid groups (broad SMARTS) is 1. The Morgan fingerprint density at radius 3 is 2.67 bits per heavy atom. The molecule has 2 atom stereocenters. The van der Waals surface area contributed by atoms with Crippen LogP contribution in [0.25, 0.3) is 0 Å². The monoisotopic (exact) mass is 194 g/mol. The topological polar surface area (TPSA) is 63.6 Å². The Labute approximate surface area is 74.4 Å². The summed E-state index contributed by atoms with van der Waals surface area (Å²) in [4.78, 5) is 10.3. The maximum Gasteiger partial charge on any atom is 0.307 e. The molecule has 5 heteroatoms. The van der Waals surface area contributed by atoms with Crippen molar-refractivity contribution in [3.05, 3.63) is 0 Å². The van der Waals surface area contributed by atoms with Gasteiger partial charge in [0.05, 0.1) is 5.92 Å². The van der Waals surface area contributed by atoms with E-state index < -0.39 is 22.7 Å². The van der Waals surface area contributed by atoms with Crippen molar-refractivity contribution >= 4 is 16.8 Å². The van der Waals surface area contributed by atoms with Crippen LogP contribution in [0.3, 0.4) is 0 Å². The second-order valence-corrected chi connectivity index (χ2v) is 3.91. The van der Waals surface area contributed by atoms with Crippen LogP contribution in [0.2, 0.25) is 0 Å². The van der Waals surface area contributed by atoms with Gasteiger partial charge in [-0.1, -0.05) is 6.92 Å². The number of carbonyl (C=O) groups is 1. The van der Waals surface area contributed by atoms with Gasteiger partial charge in [0.2, 0.25) is 0 Å². The normalized spacial score (nSPS) is 15.5. The summed E-state index contributed by atoms with van der Waals surface area (Å²) < 4.78 is 15.9. The Morgan fingerprint density at radius 2 is 2.25 bits per heavy atom. The lowest BCUT2D eigenvalue weighted by molar-refractivity contribution is -0.140. The second-order valence-electron chi connectivity index (χ2n) is 2.46. The molecular weight excluding hydrogens is 180 g/mol. The largest absolute Gasteiger partial charge is 0.481 e. The van der Waals surface area contributed by atoms with Gasteiger partial charge in [-0.05, 0) is 6.92 Å². The van der Waals surface area contributed by atoms with E-state index in [0.29, 0.717) is 6.61 Å². The van der Waals surface area contributed by atoms with Crippen LogP contribution in [0, 0.1) is 5.92 Å². The van der Waals surface area contributed by atoms with Gasteiger partial charge in [-0.25, -0.2) is 0 Å². The lowest BCUT2D eigenvalue weighted by Gasteiger charge is -2.05. The second kappa shape index (κ2) is 6.14. The van der Waals surface area contributed by atoms with Gasteiger partial charge in [0.25, 0.3) is 0 Å². The molecule has 2 unspecified atom stereocenters. The highest BCUT2D eigenvalue weighted by molar-refractivity contribution is 7.84. The van der Waals surface area contributed by atoms with Crippen molar-refractivity contribution in [2.45, 2.75) is 13.8 Å². The van der Waals surface area contributed by atoms with Gasteiger partial charge in [0.15, 0.2) is 0 Å². The average molecular weight is 194 g/mol. The Balaban J connectivity index is 3.61. The summed E-state index contributed by atoms with van der Waals surface area (Å²) in [5.74, 6) is -1.19. The number of carboxylic acids is 1. The third-order valence-corrected chi connectivity index (χ3v) is 2.58. The molecule has 1 N–H and O–H groups in total. The van der Waals surface area contributed by atoms with E-state index in [1.54, 1.807) is 6.92 Å². The molecule has 0 rings (SSSR count). The van der Waals surface area contributed by atoms with Crippen molar-refractivity contribution < 1.29 is 18.8 Å². The first-order valence-corrected chi connectivity index (χ1v) is 5.22. The van der Waals surface area contributed by atoms with Crippen molar-refractivity contribution in [2.24, 2.45) is 5.92 Å². The van der Waals surface area contributed by atoms with Crippen molar-refractivity contribution in [1.82, 2.24) is 0 Å². The van der Waals surface area contributed by atoms with E-state index in [-0.39, 0.29) is 11.7 Å². The summed E-state index contributed by atoms with van der Waals surface area (Å²) in [6, 6.07) is 0. The minimum absolute atomic E-state index is 0.133. The molecule has 4 nitrogen and oxygen atoms in total. The van der Waals surface area contributed by atoms with Gasteiger partial charge in [-0.2, -0.15) is 0 Å². The zero-order chi connectivity index (χ0) is 9.56. The first-order valence-electron chi connectivity index (χ1n) is 3.73. The minimum Gasteiger partial charge on any atom is -0.481 e. The van der Waals surface area contributed by atoms with E-state index in [0.717, 1.165) is 0 Å². The molecule has 0 saturated carbocycles. The number of aliphatic carboxylic acids is 1. The van der Waals surface area contributed by atoms with E-state index in [2.05, 4.69) is 0 Å². The molecule has 0 aliphatic heterocycles. The van der Waals surface area contributed by atoms with Gasteiger partial charge in [-0.3, -0.25) is 9.00 Å². The Kier molecular flexibility index (Phi) is 5.92. The highest BCUT2D eigenvalue weighted by Crippen LogP contribution is 1.98. The standard InChI is InChI=1S/C7H14O4S/c1-3-11-5-12(10)4-6(2)7(8)9/h6H,3-5H2,1-2H3,(H,8,9). The zero-order valence-corrected chi connectivity index (χ0v) is 8.10. The highest BCUT2D eigenvalue weighted by Gasteiger charge is 2.14. The molecule has 0 heterocycles. The molecule has 0 aromatic carbocycles. The molecule has 0 aliphatic rings. The summed E-state index contributed by atoms with van der Waals surface area (Å²) in [6.45, 7) is 3.84. The molecule has 0 aliphatic carbocycles. The van der Waals surface area contributed by atoms with E-state index >= 15 is 0 Å². The third-order valence-electron chi connectivity index (χ3n) is 1.28. The van der Waals surface area contributed by atoms with Crippen LogP contribution in [0.4, 0.5) is 0 Å². The smallest absolute Gasteiger partial charge is 0.307 e. The molecule has 72 valence electrons. The summed E-state index contributed by atoms with van der Waals surface area (Å²) in [5.41, 5.74) is 0. The lowest BCUT2D eigenvalue weighted by Crippen LogP contribution is -2.19. The fraction of sp³-hybridized carbons (Fsp3) is 0.857. The van der Waals surface area contributed by atoms with Crippen LogP contribution < -0.4 is 0 Å². The predicted octanol–water partition coefficient (Wildman–Crippen LogP) is 0.450. The number of rotatable bonds is 6. The van der Waals surface area contributed by atoms with Crippen LogP contribution in [0.1, 0.15) is 13.8 Å². The van der Waals surface area contributed by atoms with E-state index in [1.807, 2.05) is 0 Å². The van der Waals surface area contributed by atoms with Crippen molar-refractivity contribution in [3.63, 3.8) is 0 Å². The van der Waals surface area contributed by atoms with Crippen molar-refractivity contribution in [3.8, 4) is 0 Å². The van der Waals surface area contributed by atoms with Gasteiger partial charge in [0, 0.05) is 23.2 Å². The van der Waals surface area contributed by atoms with E-state index in [9.17, 15) is 9.00 Å². The van der Waals surface area contributed by atoms with Crippen molar-refractivity contribution in [2.75, 3.05) is 18.3 Å². The molecule has 0 amide bonds. The molecule has 0 radical (unpaired) electrons. The molecular formula is C7H14O4S. The first-order chi connectivity index (χ1) is 5.57. The van der Waals surface area contributed by atoms with Crippen molar-refractivity contribution in [1.29, 1.82) is 0 Å². The third kappa shape index (κ3) is 5.26. The molecule has 12 heavy (non-hydrogen) atoms. The Bertz CT molecular complexity index is 169. The number of hydrogen-bond acceptors (Lipinski definition) is 3. The Hall–Kier alpha value is -0.420. The molecule has 0 saturated heterocycles. The maximum absolute atomic E-state index is 11.0. The summed E-state index contributed by atoms with van der Waals surface area (Å²) in [5, 5.41) is 8.48. The van der Waals surface area contributed by atoms with E-state index in [1.165, 1.54) is 6.92 Å². The summed E-state index contributed by atoms with van der Waals surface area (Å²) >= 11 is 0. The van der Waals surface area contributed by atoms with Crippen LogP contribution in [0.15, 0.2) is 0 Å². The number of ether oxygens (including phenoxy) is 1. The number of hydrogen-bond donors (Lipinski definition) is 1. The molecule has 0 aromatic rings. The SMILES string of the molecule is CCOCS(=O)CC(C)C(=O)O. The fourth-order valence-electron chi connectivity index (χ4n) is 0.575. The maximum atomic E-state index is 11.0. The summed E-state index contributed by atoms with van der Waals surface area (Å²) in [7, 11) is -1.17. The van der Waals surface area contributed by atoms with Crippen LogP contribution in [-0.4, -0.2) is 33.6 Å². The van der Waals surface area contributed by atoms with Gasteiger partial charge < -0.3 is 9.84 Å². The quantitative estimate of drug-likeness (QED) is 0.666. The fourth-order valence-corrected chi connectivity index (χ4v) is 1.72. The van der Waals surface area contributed by atoms with Crippen LogP contribution in [-0.2, 0) is 20.3 Å². The van der Waals surface area contributed by atoms with Gasteiger partial charge in [0.1, 0.15) is 5.94 Å². The van der Waals surface area contributed by atoms with Crippen LogP contribution >= 0.6 is 0 Å². The first kappa shape index (κ1) is 11.6. The Morgan fingerprint density at radius 1 is 1.67 bits per heavy atom. The molecule has 0 aromatic heterocycles. The van der Waals surface area contributed by atoms with E-state index in [4.69, 9.17) is 9.84 Å². The lowest BCUT2D eigenvalue weighted by atomic mass is 10.2.